The van der Waals surface area contributed by atoms with E-state index in [1.807, 2.05) is 50.4 Å². The van der Waals surface area contributed by atoms with Gasteiger partial charge in [-0.05, 0) is 66.8 Å². The van der Waals surface area contributed by atoms with Crippen LogP contribution >= 0.6 is 23.2 Å². The molecule has 1 atom stereocenters. The Balaban J connectivity index is 1.61. The molecule has 30 heavy (non-hydrogen) atoms. The van der Waals surface area contributed by atoms with Gasteiger partial charge < -0.3 is 5.11 Å². The zero-order valence-electron chi connectivity index (χ0n) is 17.2. The topological polar surface area (TPSA) is 36.4 Å². The molecule has 0 saturated carbocycles. The third kappa shape index (κ3) is 4.55. The lowest BCUT2D eigenvalue weighted by molar-refractivity contribution is -0.0309. The molecule has 1 saturated heterocycles. The van der Waals surface area contributed by atoms with Crippen molar-refractivity contribution in [2.45, 2.75) is 31.4 Å². The van der Waals surface area contributed by atoms with Crippen LogP contribution in [0, 0.1) is 5.92 Å². The second-order valence-electron chi connectivity index (χ2n) is 8.64. The predicted molar refractivity (Wildman–Crippen MR) is 123 cm³/mol. The van der Waals surface area contributed by atoms with Crippen molar-refractivity contribution in [3.63, 3.8) is 0 Å². The number of aromatic nitrogens is 1. The van der Waals surface area contributed by atoms with E-state index in [0.717, 1.165) is 28.7 Å². The van der Waals surface area contributed by atoms with E-state index in [2.05, 4.69) is 40.2 Å². The maximum atomic E-state index is 10.9. The van der Waals surface area contributed by atoms with Crippen molar-refractivity contribution in [2.24, 2.45) is 5.92 Å². The van der Waals surface area contributed by atoms with Gasteiger partial charge in [-0.3, -0.25) is 9.88 Å². The monoisotopic (exact) mass is 440 g/mol. The van der Waals surface area contributed by atoms with E-state index in [1.54, 1.807) is 6.20 Å². The van der Waals surface area contributed by atoms with Gasteiger partial charge >= 0.3 is 0 Å². The Bertz CT molecular complexity index is 917. The van der Waals surface area contributed by atoms with Crippen LogP contribution in [0.1, 0.15) is 42.5 Å². The average Bonchev–Trinajstić information content (AvgIpc) is 2.68. The number of nitrogens with zero attached hydrogens (tertiary/aromatic N) is 2. The van der Waals surface area contributed by atoms with Crippen molar-refractivity contribution < 1.29 is 5.11 Å². The summed E-state index contributed by atoms with van der Waals surface area (Å²) in [5.74, 6) is 0.370. The average molecular weight is 441 g/mol. The molecule has 1 aliphatic heterocycles. The van der Waals surface area contributed by atoms with E-state index in [4.69, 9.17) is 23.2 Å². The van der Waals surface area contributed by atoms with Crippen molar-refractivity contribution in [3.05, 3.63) is 99.8 Å². The molecule has 0 spiro atoms. The van der Waals surface area contributed by atoms with Crippen LogP contribution in [0.5, 0.6) is 0 Å². The second kappa shape index (κ2) is 8.68. The highest BCUT2D eigenvalue weighted by atomic mass is 35.5. The molecule has 1 unspecified atom stereocenters. The van der Waals surface area contributed by atoms with Crippen molar-refractivity contribution in [2.75, 3.05) is 13.1 Å². The van der Waals surface area contributed by atoms with Crippen molar-refractivity contribution in [1.29, 1.82) is 0 Å². The first-order chi connectivity index (χ1) is 14.3. The fourth-order valence-electron chi connectivity index (χ4n) is 4.69. The maximum Gasteiger partial charge on any atom is 0.0664 e. The highest BCUT2D eigenvalue weighted by Gasteiger charge is 2.44. The zero-order valence-corrected chi connectivity index (χ0v) is 18.7. The molecule has 1 N–H and O–H groups in total. The van der Waals surface area contributed by atoms with Crippen LogP contribution in [0.25, 0.3) is 0 Å². The number of aliphatic hydroxyl groups is 1. The third-order valence-electron chi connectivity index (χ3n) is 5.95. The third-order valence-corrected chi connectivity index (χ3v) is 6.45. The van der Waals surface area contributed by atoms with Crippen LogP contribution in [0.15, 0.2) is 73.1 Å². The lowest BCUT2D eigenvalue weighted by Crippen LogP contribution is -2.54. The van der Waals surface area contributed by atoms with Crippen molar-refractivity contribution in [3.8, 4) is 0 Å². The summed E-state index contributed by atoms with van der Waals surface area (Å²) in [5.41, 5.74) is 2.66. The van der Waals surface area contributed by atoms with Crippen LogP contribution in [0.3, 0.4) is 0 Å². The Morgan fingerprint density at radius 3 is 1.87 bits per heavy atom. The van der Waals surface area contributed by atoms with E-state index in [9.17, 15) is 5.11 Å². The van der Waals surface area contributed by atoms with E-state index in [0.29, 0.717) is 5.92 Å². The number of hydrogen-bond donors (Lipinski definition) is 1. The first kappa shape index (κ1) is 21.3. The molecule has 2 heterocycles. The highest BCUT2D eigenvalue weighted by molar-refractivity contribution is 6.30. The lowest BCUT2D eigenvalue weighted by atomic mass is 9.72. The standard InChI is InChI=1S/C25H26Cl2N2O/c1-25(2,30)23(19-4-3-13-28-14-19)20-15-29(16-20)24(17-5-9-21(26)10-6-17)18-7-11-22(27)12-8-18/h3-14,20,23-24,30H,15-16H2,1-2H3. The summed E-state index contributed by atoms with van der Waals surface area (Å²) in [7, 11) is 0. The van der Waals surface area contributed by atoms with Gasteiger partial charge in [0.05, 0.1) is 11.6 Å². The van der Waals surface area contributed by atoms with Gasteiger partial charge in [0, 0.05) is 41.4 Å². The molecule has 2 aromatic carbocycles. The van der Waals surface area contributed by atoms with Gasteiger partial charge in [-0.1, -0.05) is 53.5 Å². The van der Waals surface area contributed by atoms with Crippen LogP contribution in [0.4, 0.5) is 0 Å². The van der Waals surface area contributed by atoms with E-state index in [-0.39, 0.29) is 12.0 Å². The Hall–Kier alpha value is -1.91. The molecule has 1 fully saturated rings. The molecular weight excluding hydrogens is 415 g/mol. The van der Waals surface area contributed by atoms with Crippen LogP contribution in [-0.4, -0.2) is 33.7 Å². The molecule has 5 heteroatoms. The van der Waals surface area contributed by atoms with E-state index < -0.39 is 5.60 Å². The molecule has 1 aromatic heterocycles. The zero-order chi connectivity index (χ0) is 21.3. The largest absolute Gasteiger partial charge is 0.390 e. The molecule has 0 amide bonds. The van der Waals surface area contributed by atoms with Crippen LogP contribution in [0.2, 0.25) is 10.0 Å². The molecular formula is C25H26Cl2N2O. The highest BCUT2D eigenvalue weighted by Crippen LogP contribution is 2.43. The van der Waals surface area contributed by atoms with Gasteiger partial charge in [0.2, 0.25) is 0 Å². The molecule has 156 valence electrons. The Morgan fingerprint density at radius 1 is 0.900 bits per heavy atom. The van der Waals surface area contributed by atoms with Gasteiger partial charge in [-0.15, -0.1) is 0 Å². The second-order valence-corrected chi connectivity index (χ2v) is 9.51. The van der Waals surface area contributed by atoms with Gasteiger partial charge in [0.15, 0.2) is 0 Å². The van der Waals surface area contributed by atoms with E-state index in [1.165, 1.54) is 11.1 Å². The summed E-state index contributed by atoms with van der Waals surface area (Å²) in [6, 6.07) is 20.2. The summed E-state index contributed by atoms with van der Waals surface area (Å²) in [4.78, 5) is 6.73. The van der Waals surface area contributed by atoms with Crippen molar-refractivity contribution in [1.82, 2.24) is 9.88 Å². The quantitative estimate of drug-likeness (QED) is 0.513. The number of rotatable bonds is 6. The van der Waals surface area contributed by atoms with Gasteiger partial charge in [0.25, 0.3) is 0 Å². The number of benzene rings is 2. The predicted octanol–water partition coefficient (Wildman–Crippen LogP) is 5.96. The van der Waals surface area contributed by atoms with E-state index >= 15 is 0 Å². The minimum absolute atomic E-state index is 0.0264. The summed E-state index contributed by atoms with van der Waals surface area (Å²) in [6.45, 7) is 5.56. The summed E-state index contributed by atoms with van der Waals surface area (Å²) in [5, 5.41) is 12.4. The van der Waals surface area contributed by atoms with Gasteiger partial charge in [0.1, 0.15) is 0 Å². The number of hydrogen-bond acceptors (Lipinski definition) is 3. The van der Waals surface area contributed by atoms with Crippen LogP contribution in [-0.2, 0) is 0 Å². The summed E-state index contributed by atoms with van der Waals surface area (Å²) >= 11 is 12.3. The molecule has 0 bridgehead atoms. The maximum absolute atomic E-state index is 10.9. The Labute approximate surface area is 188 Å². The normalized spacial score (nSPS) is 16.5. The molecule has 0 aliphatic carbocycles. The van der Waals surface area contributed by atoms with Gasteiger partial charge in [-0.2, -0.15) is 0 Å². The minimum atomic E-state index is -0.824. The summed E-state index contributed by atoms with van der Waals surface area (Å²) < 4.78 is 0. The smallest absolute Gasteiger partial charge is 0.0664 e. The SMILES string of the molecule is CC(C)(O)C(c1cccnc1)C1CN(C(c2ccc(Cl)cc2)c2ccc(Cl)cc2)C1. The first-order valence-electron chi connectivity index (χ1n) is 10.2. The molecule has 3 nitrogen and oxygen atoms in total. The number of likely N-dealkylation sites (tertiary alicyclic amines) is 1. The fraction of sp³-hybridized carbons (Fsp3) is 0.320. The van der Waals surface area contributed by atoms with Crippen molar-refractivity contribution >= 4 is 23.2 Å². The van der Waals surface area contributed by atoms with Gasteiger partial charge in [-0.25, -0.2) is 0 Å². The summed E-state index contributed by atoms with van der Waals surface area (Å²) in [6.07, 6.45) is 3.65. The molecule has 3 aromatic rings. The van der Waals surface area contributed by atoms with Crippen LogP contribution < -0.4 is 0 Å². The number of pyridine rings is 1. The lowest BCUT2D eigenvalue weighted by Gasteiger charge is -2.50. The fourth-order valence-corrected chi connectivity index (χ4v) is 4.94. The molecule has 4 rings (SSSR count). The molecule has 1 aliphatic rings. The molecule has 0 radical (unpaired) electrons. The Kier molecular flexibility index (Phi) is 6.17. The Morgan fingerprint density at radius 2 is 1.43 bits per heavy atom. The first-order valence-corrected chi connectivity index (χ1v) is 11.0. The number of halogens is 2. The minimum Gasteiger partial charge on any atom is -0.390 e.